The zero-order valence-corrected chi connectivity index (χ0v) is 26.8. The number of anilines is 2. The highest BCUT2D eigenvalue weighted by molar-refractivity contribution is 6.30. The first kappa shape index (κ1) is 31.1. The zero-order valence-electron chi connectivity index (χ0n) is 26.1. The quantitative estimate of drug-likeness (QED) is 0.252. The standard InChI is InChI=1S/C35H43ClFN3O3/c1-22(2)43-33-20-29-25(17-32(33)42-6)18-34(41)40(35(29)24-9-11-26(36)12-10-24)28-15-16-31(30(37)19-28)39(5)21-23-7-13-27(14-8-23)38(3)4/h9-12,15-17,19-20,22-23,27,35H,7-8,13-14,18,21H2,1-6H3/t23?,27?,35-/m0/s1. The van der Waals surface area contributed by atoms with E-state index in [2.05, 4.69) is 19.0 Å². The van der Waals surface area contributed by atoms with Crippen molar-refractivity contribution in [1.82, 2.24) is 4.90 Å². The summed E-state index contributed by atoms with van der Waals surface area (Å²) in [6.07, 6.45) is 4.73. The highest BCUT2D eigenvalue weighted by Crippen LogP contribution is 2.44. The van der Waals surface area contributed by atoms with E-state index in [-0.39, 0.29) is 24.2 Å². The van der Waals surface area contributed by atoms with Gasteiger partial charge in [-0.3, -0.25) is 4.79 Å². The van der Waals surface area contributed by atoms with Crippen molar-refractivity contribution in [1.29, 1.82) is 0 Å². The van der Waals surface area contributed by atoms with Crippen LogP contribution in [0.4, 0.5) is 15.8 Å². The summed E-state index contributed by atoms with van der Waals surface area (Å²) in [5, 5.41) is 0.602. The average molecular weight is 608 g/mol. The Morgan fingerprint density at radius 2 is 1.67 bits per heavy atom. The van der Waals surface area contributed by atoms with E-state index in [1.807, 2.05) is 68.3 Å². The van der Waals surface area contributed by atoms with Gasteiger partial charge in [-0.1, -0.05) is 23.7 Å². The number of ether oxygens (including phenoxy) is 2. The summed E-state index contributed by atoms with van der Waals surface area (Å²) in [5.74, 6) is 1.26. The number of halogens is 2. The van der Waals surface area contributed by atoms with E-state index in [1.54, 1.807) is 18.1 Å². The summed E-state index contributed by atoms with van der Waals surface area (Å²) in [7, 11) is 7.84. The molecule has 0 radical (unpaired) electrons. The molecule has 6 nitrogen and oxygen atoms in total. The number of rotatable bonds is 9. The van der Waals surface area contributed by atoms with Crippen molar-refractivity contribution in [2.24, 2.45) is 5.92 Å². The smallest absolute Gasteiger partial charge is 0.232 e. The van der Waals surface area contributed by atoms with Gasteiger partial charge in [-0.15, -0.1) is 0 Å². The fourth-order valence-electron chi connectivity index (χ4n) is 6.61. The highest BCUT2D eigenvalue weighted by atomic mass is 35.5. The summed E-state index contributed by atoms with van der Waals surface area (Å²) in [6.45, 7) is 4.73. The van der Waals surface area contributed by atoms with Crippen LogP contribution in [0.5, 0.6) is 11.5 Å². The molecule has 1 aliphatic carbocycles. The van der Waals surface area contributed by atoms with Gasteiger partial charge < -0.3 is 24.2 Å². The predicted molar refractivity (Wildman–Crippen MR) is 172 cm³/mol. The number of fused-ring (bicyclic) bond motifs is 1. The number of amides is 1. The van der Waals surface area contributed by atoms with E-state index in [9.17, 15) is 4.79 Å². The molecule has 1 saturated carbocycles. The van der Waals surface area contributed by atoms with Gasteiger partial charge in [-0.25, -0.2) is 4.39 Å². The Kier molecular flexibility index (Phi) is 9.52. The fourth-order valence-corrected chi connectivity index (χ4v) is 6.74. The Balaban J connectivity index is 1.48. The number of carbonyl (C=O) groups is 1. The van der Waals surface area contributed by atoms with Crippen molar-refractivity contribution in [3.63, 3.8) is 0 Å². The largest absolute Gasteiger partial charge is 0.493 e. The van der Waals surface area contributed by atoms with Gasteiger partial charge in [0.2, 0.25) is 5.91 Å². The first-order chi connectivity index (χ1) is 20.5. The molecule has 8 heteroatoms. The van der Waals surface area contributed by atoms with Gasteiger partial charge in [0.05, 0.1) is 31.4 Å². The van der Waals surface area contributed by atoms with E-state index in [0.717, 1.165) is 36.1 Å². The lowest BCUT2D eigenvalue weighted by atomic mass is 9.85. The summed E-state index contributed by atoms with van der Waals surface area (Å²) in [5.41, 5.74) is 3.69. The summed E-state index contributed by atoms with van der Waals surface area (Å²) in [6, 6.07) is 16.6. The number of benzene rings is 3. The first-order valence-electron chi connectivity index (χ1n) is 15.2. The van der Waals surface area contributed by atoms with Crippen LogP contribution in [0.2, 0.25) is 5.02 Å². The average Bonchev–Trinajstić information content (AvgIpc) is 2.96. The second kappa shape index (κ2) is 13.1. The molecule has 1 fully saturated rings. The van der Waals surface area contributed by atoms with Crippen LogP contribution in [0, 0.1) is 11.7 Å². The second-order valence-corrected chi connectivity index (χ2v) is 12.9. The number of methoxy groups -OCH3 is 1. The van der Waals surface area contributed by atoms with Crippen LogP contribution in [0.3, 0.4) is 0 Å². The highest BCUT2D eigenvalue weighted by Gasteiger charge is 2.36. The van der Waals surface area contributed by atoms with Crippen molar-refractivity contribution in [2.45, 2.75) is 64.1 Å². The SMILES string of the molecule is COc1cc2c(cc1OC(C)C)[C@H](c1ccc(Cl)cc1)N(c1ccc(N(C)CC3CCC(N(C)C)CC3)c(F)c1)C(=O)C2. The van der Waals surface area contributed by atoms with Crippen molar-refractivity contribution in [3.8, 4) is 11.5 Å². The molecule has 0 unspecified atom stereocenters. The Hall–Kier alpha value is -3.29. The van der Waals surface area contributed by atoms with E-state index in [0.29, 0.717) is 39.9 Å². The van der Waals surface area contributed by atoms with Crippen molar-refractivity contribution >= 4 is 28.9 Å². The summed E-state index contributed by atoms with van der Waals surface area (Å²) in [4.78, 5) is 19.9. The Morgan fingerprint density at radius 1 is 0.977 bits per heavy atom. The molecule has 0 saturated heterocycles. The summed E-state index contributed by atoms with van der Waals surface area (Å²) < 4.78 is 27.6. The minimum absolute atomic E-state index is 0.0658. The number of nitrogens with zero attached hydrogens (tertiary/aromatic N) is 3. The van der Waals surface area contributed by atoms with Crippen LogP contribution < -0.4 is 19.3 Å². The molecule has 0 bridgehead atoms. The molecule has 43 heavy (non-hydrogen) atoms. The Bertz CT molecular complexity index is 1440. The molecule has 5 rings (SSSR count). The fraction of sp³-hybridized carbons (Fsp3) is 0.457. The third-order valence-corrected chi connectivity index (χ3v) is 9.09. The first-order valence-corrected chi connectivity index (χ1v) is 15.6. The van der Waals surface area contributed by atoms with E-state index < -0.39 is 6.04 Å². The lowest BCUT2D eigenvalue weighted by Crippen LogP contribution is -2.41. The van der Waals surface area contributed by atoms with Crippen LogP contribution in [0.25, 0.3) is 0 Å². The molecular formula is C35H43ClFN3O3. The molecule has 3 aromatic carbocycles. The van der Waals surface area contributed by atoms with Gasteiger partial charge in [-0.05, 0) is 119 Å². The maximum absolute atomic E-state index is 15.8. The van der Waals surface area contributed by atoms with Crippen LogP contribution in [0.1, 0.15) is 62.3 Å². The van der Waals surface area contributed by atoms with Crippen molar-refractivity contribution < 1.29 is 18.7 Å². The molecule has 1 heterocycles. The minimum Gasteiger partial charge on any atom is -0.493 e. The van der Waals surface area contributed by atoms with E-state index in [4.69, 9.17) is 21.1 Å². The van der Waals surface area contributed by atoms with Gasteiger partial charge in [-0.2, -0.15) is 0 Å². The Morgan fingerprint density at radius 3 is 2.28 bits per heavy atom. The molecule has 0 spiro atoms. The third-order valence-electron chi connectivity index (χ3n) is 8.84. The molecule has 0 aromatic heterocycles. The maximum atomic E-state index is 15.8. The Labute approximate surface area is 260 Å². The number of hydrogen-bond acceptors (Lipinski definition) is 5. The molecule has 2 aliphatic rings. The van der Waals surface area contributed by atoms with Crippen LogP contribution in [-0.4, -0.2) is 57.8 Å². The maximum Gasteiger partial charge on any atom is 0.232 e. The normalized spacial score (nSPS) is 20.4. The van der Waals surface area contributed by atoms with Crippen LogP contribution in [-0.2, 0) is 11.2 Å². The topological polar surface area (TPSA) is 45.3 Å². The van der Waals surface area contributed by atoms with Crippen molar-refractivity contribution in [3.05, 3.63) is 82.1 Å². The number of carbonyl (C=O) groups excluding carboxylic acids is 1. The molecule has 230 valence electrons. The minimum atomic E-state index is -0.496. The second-order valence-electron chi connectivity index (χ2n) is 12.4. The monoisotopic (exact) mass is 607 g/mol. The predicted octanol–water partition coefficient (Wildman–Crippen LogP) is 7.51. The lowest BCUT2D eigenvalue weighted by Gasteiger charge is -2.38. The zero-order chi connectivity index (χ0) is 30.8. The van der Waals surface area contributed by atoms with Crippen LogP contribution in [0.15, 0.2) is 54.6 Å². The van der Waals surface area contributed by atoms with E-state index >= 15 is 4.39 Å². The third kappa shape index (κ3) is 6.78. The molecule has 3 aromatic rings. The van der Waals surface area contributed by atoms with Crippen molar-refractivity contribution in [2.75, 3.05) is 44.6 Å². The van der Waals surface area contributed by atoms with Crippen LogP contribution >= 0.6 is 11.6 Å². The van der Waals surface area contributed by atoms with E-state index in [1.165, 1.54) is 18.9 Å². The molecule has 1 atom stereocenters. The molecular weight excluding hydrogens is 565 g/mol. The lowest BCUT2D eigenvalue weighted by molar-refractivity contribution is -0.118. The van der Waals surface area contributed by atoms with Gasteiger partial charge in [0, 0.05) is 30.3 Å². The van der Waals surface area contributed by atoms with Gasteiger partial charge >= 0.3 is 0 Å². The van der Waals surface area contributed by atoms with Gasteiger partial charge in [0.15, 0.2) is 11.5 Å². The van der Waals surface area contributed by atoms with Gasteiger partial charge in [0.1, 0.15) is 5.82 Å². The summed E-state index contributed by atoms with van der Waals surface area (Å²) >= 11 is 6.24. The van der Waals surface area contributed by atoms with Gasteiger partial charge in [0.25, 0.3) is 0 Å². The molecule has 1 aliphatic heterocycles. The molecule has 1 amide bonds. The molecule has 0 N–H and O–H groups in total. The number of hydrogen-bond donors (Lipinski definition) is 0.